The maximum atomic E-state index is 11.8. The molecule has 0 saturated heterocycles. The van der Waals surface area contributed by atoms with Crippen molar-refractivity contribution in [2.75, 3.05) is 0 Å². The van der Waals surface area contributed by atoms with Gasteiger partial charge in [0, 0.05) is 25.1 Å². The molecule has 0 aromatic heterocycles. The summed E-state index contributed by atoms with van der Waals surface area (Å²) in [5, 5.41) is 0.849. The minimum absolute atomic E-state index is 0.386. The summed E-state index contributed by atoms with van der Waals surface area (Å²) >= 11 is 0. The second-order valence-electron chi connectivity index (χ2n) is 6.37. The van der Waals surface area contributed by atoms with Crippen LogP contribution in [0.15, 0.2) is 30.3 Å². The molecule has 134 valence electrons. The zero-order chi connectivity index (χ0) is 18.2. The molecule has 0 unspecified atom stereocenters. The summed E-state index contributed by atoms with van der Waals surface area (Å²) in [5.41, 5.74) is 0. The van der Waals surface area contributed by atoms with Gasteiger partial charge in [-0.25, -0.2) is 0 Å². The average molecular weight is 367 g/mol. The van der Waals surface area contributed by atoms with Gasteiger partial charge in [0.15, 0.2) is 0 Å². The van der Waals surface area contributed by atoms with Crippen molar-refractivity contribution in [3.8, 4) is 0 Å². The Labute approximate surface area is 147 Å². The summed E-state index contributed by atoms with van der Waals surface area (Å²) in [6.45, 7) is 9.53. The van der Waals surface area contributed by atoms with E-state index in [0.29, 0.717) is 6.04 Å². The molecule has 0 radical (unpaired) electrons. The first-order valence-corrected chi connectivity index (χ1v) is 13.6. The fourth-order valence-corrected chi connectivity index (χ4v) is 11.6. The molecule has 0 aliphatic heterocycles. The standard InChI is InChI=1S/C18H30O4Si2/c1-6-23(7-2,8-3)14-15-24(21-16(4)19,22-17(5)20)18-12-10-9-11-13-18/h9-13H,6-8,14-15H2,1-5H3. The Kier molecular flexibility index (Phi) is 7.89. The van der Waals surface area contributed by atoms with Gasteiger partial charge in [-0.3, -0.25) is 9.59 Å². The number of rotatable bonds is 9. The second kappa shape index (κ2) is 9.17. The van der Waals surface area contributed by atoms with Gasteiger partial charge < -0.3 is 8.85 Å². The molecule has 6 heteroatoms. The third kappa shape index (κ3) is 5.31. The van der Waals surface area contributed by atoms with Gasteiger partial charge in [0.2, 0.25) is 0 Å². The molecule has 0 heterocycles. The number of carbonyl (C=O) groups excluding carboxylic acids is 2. The lowest BCUT2D eigenvalue weighted by molar-refractivity contribution is -0.138. The molecule has 1 aromatic carbocycles. The van der Waals surface area contributed by atoms with Gasteiger partial charge in [-0.05, 0) is 0 Å². The molecule has 0 amide bonds. The van der Waals surface area contributed by atoms with E-state index in [9.17, 15) is 9.59 Å². The highest BCUT2D eigenvalue weighted by Crippen LogP contribution is 2.31. The van der Waals surface area contributed by atoms with Crippen LogP contribution < -0.4 is 5.19 Å². The summed E-state index contributed by atoms with van der Waals surface area (Å²) in [5.74, 6) is -0.771. The van der Waals surface area contributed by atoms with E-state index in [1.54, 1.807) is 0 Å². The summed E-state index contributed by atoms with van der Waals surface area (Å²) in [6.07, 6.45) is 0. The molecule has 0 fully saturated rings. The van der Waals surface area contributed by atoms with Gasteiger partial charge in [0.1, 0.15) is 0 Å². The highest BCUT2D eigenvalue weighted by Gasteiger charge is 2.48. The van der Waals surface area contributed by atoms with Crippen LogP contribution in [0.2, 0.25) is 30.2 Å². The van der Waals surface area contributed by atoms with E-state index in [4.69, 9.17) is 8.85 Å². The molecular formula is C18H30O4Si2. The Morgan fingerprint density at radius 1 is 0.833 bits per heavy atom. The first-order valence-electron chi connectivity index (χ1n) is 8.77. The topological polar surface area (TPSA) is 52.6 Å². The fraction of sp³-hybridized carbons (Fsp3) is 0.556. The second-order valence-corrected chi connectivity index (χ2v) is 15.0. The van der Waals surface area contributed by atoms with Crippen LogP contribution in [0.25, 0.3) is 0 Å². The van der Waals surface area contributed by atoms with E-state index in [0.717, 1.165) is 11.2 Å². The third-order valence-corrected chi connectivity index (χ3v) is 14.7. The summed E-state index contributed by atoms with van der Waals surface area (Å²) in [4.78, 5) is 23.6. The summed E-state index contributed by atoms with van der Waals surface area (Å²) in [7, 11) is -4.53. The minimum atomic E-state index is -3.12. The van der Waals surface area contributed by atoms with E-state index in [1.807, 2.05) is 30.3 Å². The molecular weight excluding hydrogens is 336 g/mol. The van der Waals surface area contributed by atoms with E-state index in [2.05, 4.69) is 20.8 Å². The quantitative estimate of drug-likeness (QED) is 0.621. The van der Waals surface area contributed by atoms with Crippen LogP contribution in [0.3, 0.4) is 0 Å². The summed E-state index contributed by atoms with van der Waals surface area (Å²) < 4.78 is 11.5. The molecule has 0 atom stereocenters. The molecule has 0 saturated carbocycles. The van der Waals surface area contributed by atoms with Gasteiger partial charge >= 0.3 is 8.56 Å². The Bertz CT molecular complexity index is 517. The number of carbonyl (C=O) groups is 2. The molecule has 4 nitrogen and oxygen atoms in total. The molecule has 0 bridgehead atoms. The SMILES string of the molecule is CC[Si](CC)(CC)CC[Si](OC(C)=O)(OC(C)=O)c1ccccc1. The van der Waals surface area contributed by atoms with Crippen molar-refractivity contribution in [3.05, 3.63) is 30.3 Å². The van der Waals surface area contributed by atoms with E-state index in [1.165, 1.54) is 32.0 Å². The zero-order valence-electron chi connectivity index (χ0n) is 15.6. The monoisotopic (exact) mass is 366 g/mol. The molecule has 0 N–H and O–H groups in total. The van der Waals surface area contributed by atoms with Crippen molar-refractivity contribution in [2.45, 2.75) is 64.8 Å². The lowest BCUT2D eigenvalue weighted by Crippen LogP contribution is -2.56. The van der Waals surface area contributed by atoms with Crippen molar-refractivity contribution in [1.82, 2.24) is 0 Å². The number of hydrogen-bond acceptors (Lipinski definition) is 4. The van der Waals surface area contributed by atoms with E-state index >= 15 is 0 Å². The Balaban J connectivity index is 3.24. The van der Waals surface area contributed by atoms with Gasteiger partial charge in [-0.1, -0.05) is 75.3 Å². The van der Waals surface area contributed by atoms with Crippen molar-refractivity contribution in [2.24, 2.45) is 0 Å². The van der Waals surface area contributed by atoms with Crippen molar-refractivity contribution in [1.29, 1.82) is 0 Å². The third-order valence-electron chi connectivity index (χ3n) is 5.07. The van der Waals surface area contributed by atoms with Crippen molar-refractivity contribution >= 4 is 33.8 Å². The van der Waals surface area contributed by atoms with Crippen LogP contribution >= 0.6 is 0 Å². The molecule has 0 aliphatic carbocycles. The van der Waals surface area contributed by atoms with Gasteiger partial charge in [-0.2, -0.15) is 0 Å². The first-order chi connectivity index (χ1) is 11.3. The number of hydrogen-bond donors (Lipinski definition) is 0. The highest BCUT2D eigenvalue weighted by atomic mass is 28.4. The van der Waals surface area contributed by atoms with Gasteiger partial charge in [0.05, 0.1) is 8.07 Å². The summed E-state index contributed by atoms with van der Waals surface area (Å²) in [6, 6.07) is 14.8. The van der Waals surface area contributed by atoms with Crippen LogP contribution in [-0.4, -0.2) is 28.6 Å². The van der Waals surface area contributed by atoms with Gasteiger partial charge in [-0.15, -0.1) is 0 Å². The van der Waals surface area contributed by atoms with Crippen LogP contribution in [0.1, 0.15) is 34.6 Å². The van der Waals surface area contributed by atoms with Crippen molar-refractivity contribution in [3.63, 3.8) is 0 Å². The Hall–Kier alpha value is -1.41. The Morgan fingerprint density at radius 2 is 1.29 bits per heavy atom. The van der Waals surface area contributed by atoms with Crippen molar-refractivity contribution < 1.29 is 18.4 Å². The van der Waals surface area contributed by atoms with Gasteiger partial charge in [0.25, 0.3) is 11.9 Å². The van der Waals surface area contributed by atoms with Crippen LogP contribution in [-0.2, 0) is 18.4 Å². The average Bonchev–Trinajstić information content (AvgIpc) is 2.56. The van der Waals surface area contributed by atoms with Crippen LogP contribution in [0.5, 0.6) is 0 Å². The lowest BCUT2D eigenvalue weighted by Gasteiger charge is -2.34. The lowest BCUT2D eigenvalue weighted by atomic mass is 10.4. The number of benzene rings is 1. The molecule has 24 heavy (non-hydrogen) atoms. The molecule has 1 aromatic rings. The zero-order valence-corrected chi connectivity index (χ0v) is 17.6. The molecule has 0 aliphatic rings. The minimum Gasteiger partial charge on any atom is -0.482 e. The molecule has 1 rings (SSSR count). The Morgan fingerprint density at radius 3 is 1.67 bits per heavy atom. The van der Waals surface area contributed by atoms with E-state index in [-0.39, 0.29) is 11.9 Å². The maximum Gasteiger partial charge on any atom is 0.499 e. The predicted molar refractivity (Wildman–Crippen MR) is 102 cm³/mol. The normalized spacial score (nSPS) is 11.9. The maximum absolute atomic E-state index is 11.8. The fourth-order valence-electron chi connectivity index (χ4n) is 3.25. The smallest absolute Gasteiger partial charge is 0.482 e. The van der Waals surface area contributed by atoms with Crippen LogP contribution in [0, 0.1) is 0 Å². The molecule has 0 spiro atoms. The largest absolute Gasteiger partial charge is 0.499 e. The highest BCUT2D eigenvalue weighted by molar-refractivity contribution is 6.86. The predicted octanol–water partition coefficient (Wildman–Crippen LogP) is 3.97. The van der Waals surface area contributed by atoms with E-state index < -0.39 is 16.6 Å². The van der Waals surface area contributed by atoms with Crippen LogP contribution in [0.4, 0.5) is 0 Å². The first kappa shape index (κ1) is 20.6.